The molecule has 2 fully saturated rings. The van der Waals surface area contributed by atoms with E-state index in [1.165, 1.54) is 25.7 Å². The van der Waals surface area contributed by atoms with Crippen LogP contribution in [0.1, 0.15) is 25.7 Å². The molecule has 3 heteroatoms. The lowest BCUT2D eigenvalue weighted by molar-refractivity contribution is -0.116. The molecule has 0 aromatic rings. The summed E-state index contributed by atoms with van der Waals surface area (Å²) < 4.78 is 0. The van der Waals surface area contributed by atoms with Crippen molar-refractivity contribution in [2.24, 2.45) is 17.8 Å². The Balaban J connectivity index is 1.97. The summed E-state index contributed by atoms with van der Waals surface area (Å²) in [6, 6.07) is -0.225. The van der Waals surface area contributed by atoms with Crippen molar-refractivity contribution in [3.8, 4) is 0 Å². The summed E-state index contributed by atoms with van der Waals surface area (Å²) in [4.78, 5) is 21.1. The van der Waals surface area contributed by atoms with E-state index in [0.717, 1.165) is 6.29 Å². The molecule has 2 rings (SSSR count). The molecule has 13 heavy (non-hydrogen) atoms. The highest BCUT2D eigenvalue weighted by Gasteiger charge is 2.45. The van der Waals surface area contributed by atoms with Gasteiger partial charge in [0.2, 0.25) is 6.41 Å². The molecule has 0 heterocycles. The monoisotopic (exact) mass is 181 g/mol. The number of nitrogens with one attached hydrogen (secondary N) is 1. The van der Waals surface area contributed by atoms with E-state index in [-0.39, 0.29) is 6.04 Å². The summed E-state index contributed by atoms with van der Waals surface area (Å²) in [5.74, 6) is 1.84. The average molecular weight is 181 g/mol. The van der Waals surface area contributed by atoms with Gasteiger partial charge in [0.05, 0.1) is 6.04 Å². The molecule has 1 atom stereocenters. The Hall–Kier alpha value is -0.860. The van der Waals surface area contributed by atoms with Crippen LogP contribution >= 0.6 is 0 Å². The van der Waals surface area contributed by atoms with Gasteiger partial charge in [-0.05, 0) is 43.4 Å². The molecule has 0 radical (unpaired) electrons. The fourth-order valence-corrected chi connectivity index (χ4v) is 2.25. The number of rotatable bonds is 6. The first-order valence-electron chi connectivity index (χ1n) is 5.02. The zero-order chi connectivity index (χ0) is 9.26. The summed E-state index contributed by atoms with van der Waals surface area (Å²) in [6.07, 6.45) is 6.52. The molecular formula is C10H15NO2. The predicted molar refractivity (Wildman–Crippen MR) is 48.0 cm³/mol. The number of carbonyl (C=O) groups is 2. The van der Waals surface area contributed by atoms with E-state index < -0.39 is 0 Å². The van der Waals surface area contributed by atoms with E-state index >= 15 is 0 Å². The largest absolute Gasteiger partial charge is 0.349 e. The first-order valence-corrected chi connectivity index (χ1v) is 5.02. The number of amides is 1. The van der Waals surface area contributed by atoms with Gasteiger partial charge in [-0.15, -0.1) is 0 Å². The van der Waals surface area contributed by atoms with Gasteiger partial charge in [0, 0.05) is 0 Å². The van der Waals surface area contributed by atoms with E-state index in [0.29, 0.717) is 24.2 Å². The molecule has 0 spiro atoms. The van der Waals surface area contributed by atoms with Crippen molar-refractivity contribution in [2.45, 2.75) is 31.7 Å². The fourth-order valence-electron chi connectivity index (χ4n) is 2.25. The second-order valence-electron chi connectivity index (χ2n) is 4.20. The first-order chi connectivity index (χ1) is 6.36. The predicted octanol–water partition coefficient (Wildman–Crippen LogP) is 0.736. The van der Waals surface area contributed by atoms with E-state index in [9.17, 15) is 9.59 Å². The maximum absolute atomic E-state index is 10.8. The minimum absolute atomic E-state index is 0.225. The van der Waals surface area contributed by atoms with Crippen LogP contribution in [0.2, 0.25) is 0 Å². The molecule has 0 bridgehead atoms. The van der Waals surface area contributed by atoms with Crippen LogP contribution in [0.15, 0.2) is 0 Å². The third-order valence-corrected chi connectivity index (χ3v) is 3.15. The Bertz CT molecular complexity index is 197. The van der Waals surface area contributed by atoms with Crippen LogP contribution in [0, 0.1) is 17.8 Å². The smallest absolute Gasteiger partial charge is 0.207 e. The zero-order valence-electron chi connectivity index (χ0n) is 7.61. The first kappa shape index (κ1) is 8.73. The van der Waals surface area contributed by atoms with Crippen LogP contribution in [0.5, 0.6) is 0 Å². The molecule has 0 aliphatic heterocycles. The summed E-state index contributed by atoms with van der Waals surface area (Å²) in [5, 5.41) is 2.63. The maximum atomic E-state index is 10.8. The molecule has 2 aliphatic carbocycles. The van der Waals surface area contributed by atoms with E-state index in [1.54, 1.807) is 0 Å². The molecular weight excluding hydrogens is 166 g/mol. The van der Waals surface area contributed by atoms with Crippen molar-refractivity contribution >= 4 is 12.7 Å². The van der Waals surface area contributed by atoms with Gasteiger partial charge in [-0.25, -0.2) is 0 Å². The Morgan fingerprint density at radius 2 is 1.62 bits per heavy atom. The number of hydrogen-bond acceptors (Lipinski definition) is 2. The quantitative estimate of drug-likeness (QED) is 0.614. The third-order valence-electron chi connectivity index (χ3n) is 3.15. The van der Waals surface area contributed by atoms with Crippen molar-refractivity contribution in [1.29, 1.82) is 0 Å². The maximum Gasteiger partial charge on any atom is 0.207 e. The molecule has 72 valence electrons. The summed E-state index contributed by atoms with van der Waals surface area (Å²) in [6.45, 7) is 0. The SMILES string of the molecule is O=CNC(C=O)C(C1CC1)C1CC1. The summed E-state index contributed by atoms with van der Waals surface area (Å²) >= 11 is 0. The van der Waals surface area contributed by atoms with E-state index in [1.807, 2.05) is 0 Å². The van der Waals surface area contributed by atoms with Crippen molar-refractivity contribution in [1.82, 2.24) is 5.32 Å². The average Bonchev–Trinajstić information content (AvgIpc) is 2.98. The second-order valence-corrected chi connectivity index (χ2v) is 4.20. The van der Waals surface area contributed by atoms with Crippen molar-refractivity contribution in [3.05, 3.63) is 0 Å². The Morgan fingerprint density at radius 1 is 1.08 bits per heavy atom. The number of carbonyl (C=O) groups excluding carboxylic acids is 2. The van der Waals surface area contributed by atoms with Gasteiger partial charge in [0.25, 0.3) is 0 Å². The molecule has 0 aromatic carbocycles. The highest BCUT2D eigenvalue weighted by atomic mass is 16.1. The van der Waals surface area contributed by atoms with Crippen LogP contribution in [0.4, 0.5) is 0 Å². The van der Waals surface area contributed by atoms with Crippen LogP contribution < -0.4 is 5.32 Å². The molecule has 2 aliphatic rings. The topological polar surface area (TPSA) is 46.2 Å². The lowest BCUT2D eigenvalue weighted by atomic mass is 9.90. The minimum atomic E-state index is -0.225. The van der Waals surface area contributed by atoms with Crippen LogP contribution in [-0.2, 0) is 9.59 Å². The van der Waals surface area contributed by atoms with Crippen molar-refractivity contribution in [3.63, 3.8) is 0 Å². The van der Waals surface area contributed by atoms with Gasteiger partial charge in [-0.3, -0.25) is 4.79 Å². The van der Waals surface area contributed by atoms with Crippen molar-refractivity contribution in [2.75, 3.05) is 0 Å². The highest BCUT2D eigenvalue weighted by molar-refractivity contribution is 5.64. The number of hydrogen-bond donors (Lipinski definition) is 1. The Morgan fingerprint density at radius 3 is 1.92 bits per heavy atom. The second kappa shape index (κ2) is 3.48. The van der Waals surface area contributed by atoms with Crippen LogP contribution in [0.3, 0.4) is 0 Å². The molecule has 2 saturated carbocycles. The van der Waals surface area contributed by atoms with Gasteiger partial charge in [-0.1, -0.05) is 0 Å². The van der Waals surface area contributed by atoms with Gasteiger partial charge in [-0.2, -0.15) is 0 Å². The molecule has 0 aromatic heterocycles. The highest BCUT2D eigenvalue weighted by Crippen LogP contribution is 2.50. The normalized spacial score (nSPS) is 24.1. The molecule has 1 unspecified atom stereocenters. The van der Waals surface area contributed by atoms with Crippen molar-refractivity contribution < 1.29 is 9.59 Å². The van der Waals surface area contributed by atoms with Crippen LogP contribution in [-0.4, -0.2) is 18.7 Å². The number of aldehydes is 1. The molecule has 3 nitrogen and oxygen atoms in total. The van der Waals surface area contributed by atoms with Crippen LogP contribution in [0.25, 0.3) is 0 Å². The Labute approximate surface area is 77.9 Å². The van der Waals surface area contributed by atoms with Gasteiger partial charge < -0.3 is 10.1 Å². The van der Waals surface area contributed by atoms with E-state index in [2.05, 4.69) is 5.32 Å². The summed E-state index contributed by atoms with van der Waals surface area (Å²) in [7, 11) is 0. The lowest BCUT2D eigenvalue weighted by Crippen LogP contribution is -2.38. The molecule has 1 N–H and O–H groups in total. The summed E-state index contributed by atoms with van der Waals surface area (Å²) in [5.41, 5.74) is 0. The molecule has 1 amide bonds. The zero-order valence-corrected chi connectivity index (χ0v) is 7.61. The standard InChI is InChI=1S/C10H15NO2/c12-5-9(11-6-13)10(7-1-2-7)8-3-4-8/h5-10H,1-4H2,(H,11,13). The minimum Gasteiger partial charge on any atom is -0.349 e. The van der Waals surface area contributed by atoms with Gasteiger partial charge >= 0.3 is 0 Å². The van der Waals surface area contributed by atoms with E-state index in [4.69, 9.17) is 0 Å². The fraction of sp³-hybridized carbons (Fsp3) is 0.800. The van der Waals surface area contributed by atoms with Gasteiger partial charge in [0.15, 0.2) is 0 Å². The lowest BCUT2D eigenvalue weighted by Gasteiger charge is -2.21. The Kier molecular flexibility index (Phi) is 2.34. The third kappa shape index (κ3) is 1.90. The molecule has 0 saturated heterocycles. The van der Waals surface area contributed by atoms with Gasteiger partial charge in [0.1, 0.15) is 6.29 Å².